The molecule has 1 aromatic heterocycles. The summed E-state index contributed by atoms with van der Waals surface area (Å²) in [7, 11) is 0. The summed E-state index contributed by atoms with van der Waals surface area (Å²) < 4.78 is 0. The van der Waals surface area contributed by atoms with Crippen LogP contribution < -0.4 is 5.32 Å². The quantitative estimate of drug-likeness (QED) is 0.864. The summed E-state index contributed by atoms with van der Waals surface area (Å²) in [6.45, 7) is 9.92. The van der Waals surface area contributed by atoms with Crippen LogP contribution in [-0.2, 0) is 4.79 Å². The van der Waals surface area contributed by atoms with E-state index < -0.39 is 0 Å². The third-order valence-corrected chi connectivity index (χ3v) is 3.64. The maximum Gasteiger partial charge on any atom is 0.323 e. The van der Waals surface area contributed by atoms with Crippen LogP contribution in [0.2, 0.25) is 0 Å². The first-order chi connectivity index (χ1) is 10.3. The molecule has 1 fully saturated rings. The van der Waals surface area contributed by atoms with Crippen LogP contribution in [0.4, 0.5) is 10.6 Å². The molecule has 2 heterocycles. The smallest absolute Gasteiger partial charge is 0.323 e. The van der Waals surface area contributed by atoms with Gasteiger partial charge in [-0.2, -0.15) is 0 Å². The maximum atomic E-state index is 12.2. The van der Waals surface area contributed by atoms with Crippen molar-refractivity contribution < 1.29 is 9.59 Å². The molecule has 1 aliphatic rings. The Kier molecular flexibility index (Phi) is 4.68. The Morgan fingerprint density at radius 2 is 1.68 bits per heavy atom. The lowest BCUT2D eigenvalue weighted by molar-refractivity contribution is -0.140. The number of hydrogen-bond acceptors (Lipinski definition) is 3. The maximum absolute atomic E-state index is 12.2. The lowest BCUT2D eigenvalue weighted by Crippen LogP contribution is -2.53. The first kappa shape index (κ1) is 16.3. The molecule has 1 saturated heterocycles. The Morgan fingerprint density at radius 1 is 1.09 bits per heavy atom. The molecular weight excluding hydrogens is 280 g/mol. The zero-order valence-corrected chi connectivity index (χ0v) is 13.7. The van der Waals surface area contributed by atoms with Gasteiger partial charge in [0.1, 0.15) is 5.82 Å². The number of aromatic nitrogens is 1. The summed E-state index contributed by atoms with van der Waals surface area (Å²) in [5.74, 6) is 0.677. The number of amides is 3. The van der Waals surface area contributed by atoms with Crippen molar-refractivity contribution in [3.8, 4) is 0 Å². The van der Waals surface area contributed by atoms with Gasteiger partial charge in [0.15, 0.2) is 0 Å². The Balaban J connectivity index is 1.87. The molecule has 0 aliphatic carbocycles. The minimum Gasteiger partial charge on any atom is -0.339 e. The minimum atomic E-state index is -0.379. The Labute approximate surface area is 131 Å². The number of anilines is 1. The molecule has 6 heteroatoms. The number of carbonyl (C=O) groups excluding carboxylic acids is 2. The van der Waals surface area contributed by atoms with Crippen LogP contribution in [0.5, 0.6) is 0 Å². The molecule has 0 atom stereocenters. The van der Waals surface area contributed by atoms with Crippen LogP contribution in [0, 0.1) is 12.3 Å². The molecule has 0 aromatic carbocycles. The molecule has 0 spiro atoms. The van der Waals surface area contributed by atoms with Gasteiger partial charge in [0.05, 0.1) is 0 Å². The van der Waals surface area contributed by atoms with E-state index in [9.17, 15) is 9.59 Å². The lowest BCUT2D eigenvalue weighted by Gasteiger charge is -2.37. The molecule has 0 unspecified atom stereocenters. The molecule has 6 nitrogen and oxygen atoms in total. The van der Waals surface area contributed by atoms with Crippen LogP contribution in [0.1, 0.15) is 26.3 Å². The van der Waals surface area contributed by atoms with Crippen molar-refractivity contribution in [1.29, 1.82) is 0 Å². The monoisotopic (exact) mass is 304 g/mol. The summed E-state index contributed by atoms with van der Waals surface area (Å²) >= 11 is 0. The topological polar surface area (TPSA) is 65.5 Å². The van der Waals surface area contributed by atoms with E-state index in [1.807, 2.05) is 38.7 Å². The molecule has 120 valence electrons. The summed E-state index contributed by atoms with van der Waals surface area (Å²) in [6.07, 6.45) is 1.72. The summed E-state index contributed by atoms with van der Waals surface area (Å²) in [5.41, 5.74) is 0.670. The van der Waals surface area contributed by atoms with Crippen LogP contribution in [-0.4, -0.2) is 52.9 Å². The van der Waals surface area contributed by atoms with Crippen molar-refractivity contribution in [2.75, 3.05) is 31.5 Å². The predicted molar refractivity (Wildman–Crippen MR) is 85.6 cm³/mol. The van der Waals surface area contributed by atoms with E-state index in [0.717, 1.165) is 5.56 Å². The fraction of sp³-hybridized carbons (Fsp3) is 0.562. The number of urea groups is 1. The second-order valence-corrected chi connectivity index (χ2v) is 6.68. The summed E-state index contributed by atoms with van der Waals surface area (Å²) in [6, 6.07) is 3.52. The van der Waals surface area contributed by atoms with Gasteiger partial charge in [-0.05, 0) is 18.6 Å². The zero-order valence-electron chi connectivity index (χ0n) is 13.7. The molecule has 0 bridgehead atoms. The van der Waals surface area contributed by atoms with Crippen LogP contribution in [0.25, 0.3) is 0 Å². The lowest BCUT2D eigenvalue weighted by atomic mass is 9.94. The zero-order chi connectivity index (χ0) is 16.3. The van der Waals surface area contributed by atoms with Crippen LogP contribution in [0.3, 0.4) is 0 Å². The number of nitrogens with one attached hydrogen (secondary N) is 1. The molecule has 2 rings (SSSR count). The molecule has 1 aliphatic heterocycles. The fourth-order valence-electron chi connectivity index (χ4n) is 2.32. The highest BCUT2D eigenvalue weighted by Gasteiger charge is 2.30. The number of carbonyl (C=O) groups is 2. The van der Waals surface area contributed by atoms with Crippen molar-refractivity contribution in [2.45, 2.75) is 27.7 Å². The van der Waals surface area contributed by atoms with Crippen molar-refractivity contribution in [1.82, 2.24) is 14.8 Å². The van der Waals surface area contributed by atoms with E-state index in [1.165, 1.54) is 0 Å². The molecule has 0 saturated carbocycles. The van der Waals surface area contributed by atoms with Gasteiger partial charge < -0.3 is 9.80 Å². The second-order valence-electron chi connectivity index (χ2n) is 6.68. The Morgan fingerprint density at radius 3 is 2.18 bits per heavy atom. The molecule has 3 amide bonds. The SMILES string of the molecule is Cc1ccc(NC(=O)N2CCN(C(=O)C(C)(C)C)CC2)nc1. The van der Waals surface area contributed by atoms with Gasteiger partial charge in [-0.3, -0.25) is 10.1 Å². The van der Waals surface area contributed by atoms with Gasteiger partial charge in [-0.25, -0.2) is 9.78 Å². The first-order valence-corrected chi connectivity index (χ1v) is 7.55. The van der Waals surface area contributed by atoms with Crippen molar-refractivity contribution in [3.63, 3.8) is 0 Å². The van der Waals surface area contributed by atoms with E-state index in [-0.39, 0.29) is 17.4 Å². The number of piperazine rings is 1. The highest BCUT2D eigenvalue weighted by molar-refractivity contribution is 5.88. The van der Waals surface area contributed by atoms with E-state index in [2.05, 4.69) is 10.3 Å². The highest BCUT2D eigenvalue weighted by atomic mass is 16.2. The average molecular weight is 304 g/mol. The van der Waals surface area contributed by atoms with Gasteiger partial charge in [0.2, 0.25) is 5.91 Å². The van der Waals surface area contributed by atoms with Gasteiger partial charge in [0.25, 0.3) is 0 Å². The summed E-state index contributed by atoms with van der Waals surface area (Å²) in [5, 5.41) is 2.79. The summed E-state index contributed by atoms with van der Waals surface area (Å²) in [4.78, 5) is 32.1. The van der Waals surface area contributed by atoms with Crippen molar-refractivity contribution in [3.05, 3.63) is 23.9 Å². The van der Waals surface area contributed by atoms with Crippen molar-refractivity contribution in [2.24, 2.45) is 5.41 Å². The Hall–Kier alpha value is -2.11. The van der Waals surface area contributed by atoms with E-state index in [1.54, 1.807) is 17.2 Å². The number of rotatable bonds is 1. The molecule has 1 N–H and O–H groups in total. The van der Waals surface area contributed by atoms with E-state index in [0.29, 0.717) is 32.0 Å². The van der Waals surface area contributed by atoms with Gasteiger partial charge >= 0.3 is 6.03 Å². The van der Waals surface area contributed by atoms with Gasteiger partial charge in [-0.1, -0.05) is 26.8 Å². The number of nitrogens with zero attached hydrogens (tertiary/aromatic N) is 3. The minimum absolute atomic E-state index is 0.132. The number of hydrogen-bond donors (Lipinski definition) is 1. The van der Waals surface area contributed by atoms with Crippen molar-refractivity contribution >= 4 is 17.8 Å². The normalized spacial score (nSPS) is 15.6. The highest BCUT2D eigenvalue weighted by Crippen LogP contribution is 2.18. The van der Waals surface area contributed by atoms with Crippen LogP contribution in [0.15, 0.2) is 18.3 Å². The predicted octanol–water partition coefficient (Wildman–Crippen LogP) is 2.11. The second kappa shape index (κ2) is 6.34. The van der Waals surface area contributed by atoms with Gasteiger partial charge in [-0.15, -0.1) is 0 Å². The third-order valence-electron chi connectivity index (χ3n) is 3.64. The van der Waals surface area contributed by atoms with E-state index >= 15 is 0 Å². The first-order valence-electron chi connectivity index (χ1n) is 7.55. The van der Waals surface area contributed by atoms with E-state index in [4.69, 9.17) is 0 Å². The largest absolute Gasteiger partial charge is 0.339 e. The van der Waals surface area contributed by atoms with Gasteiger partial charge in [0, 0.05) is 37.8 Å². The molecular formula is C16H24N4O2. The number of aryl methyl sites for hydroxylation is 1. The fourth-order valence-corrected chi connectivity index (χ4v) is 2.32. The standard InChI is InChI=1S/C16H24N4O2/c1-12-5-6-13(17-11-12)18-15(22)20-9-7-19(8-10-20)14(21)16(2,3)4/h5-6,11H,7-10H2,1-4H3,(H,17,18,22). The molecule has 0 radical (unpaired) electrons. The average Bonchev–Trinajstić information content (AvgIpc) is 2.48. The van der Waals surface area contributed by atoms with Crippen LogP contribution >= 0.6 is 0 Å². The number of pyridine rings is 1. The Bertz CT molecular complexity index is 540. The molecule has 1 aromatic rings. The molecule has 22 heavy (non-hydrogen) atoms. The third kappa shape index (κ3) is 3.96.